The van der Waals surface area contributed by atoms with Crippen LogP contribution in [-0.2, 0) is 5.75 Å². The summed E-state index contributed by atoms with van der Waals surface area (Å²) in [5.74, 6) is 0.557. The predicted octanol–water partition coefficient (Wildman–Crippen LogP) is 4.07. The third kappa shape index (κ3) is 2.97. The summed E-state index contributed by atoms with van der Waals surface area (Å²) in [5.41, 5.74) is 1.80. The fourth-order valence-electron chi connectivity index (χ4n) is 2.05. The second-order valence-corrected chi connectivity index (χ2v) is 5.42. The van der Waals surface area contributed by atoms with Crippen molar-refractivity contribution >= 4 is 22.7 Å². The molecule has 0 aliphatic heterocycles. The molecule has 0 fully saturated rings. The van der Waals surface area contributed by atoms with Gasteiger partial charge in [-0.05, 0) is 23.8 Å². The number of halogens is 1. The van der Waals surface area contributed by atoms with E-state index in [2.05, 4.69) is 9.97 Å². The number of para-hydroxylation sites is 1. The van der Waals surface area contributed by atoms with Gasteiger partial charge in [-0.25, -0.2) is 14.4 Å². The summed E-state index contributed by atoms with van der Waals surface area (Å²) in [7, 11) is 1.46. The number of ether oxygens (including phenoxy) is 1. The van der Waals surface area contributed by atoms with Gasteiger partial charge >= 0.3 is 0 Å². The summed E-state index contributed by atoms with van der Waals surface area (Å²) in [6, 6.07) is 12.8. The number of fused-ring (bicyclic) bond motifs is 1. The van der Waals surface area contributed by atoms with Gasteiger partial charge in [0, 0.05) is 11.1 Å². The minimum atomic E-state index is -0.344. The number of nitrogens with zero attached hydrogens (tertiary/aromatic N) is 2. The average molecular weight is 300 g/mol. The summed E-state index contributed by atoms with van der Waals surface area (Å²) in [6.45, 7) is 0. The monoisotopic (exact) mass is 300 g/mol. The molecule has 0 aliphatic carbocycles. The van der Waals surface area contributed by atoms with Crippen molar-refractivity contribution in [2.24, 2.45) is 0 Å². The van der Waals surface area contributed by atoms with Gasteiger partial charge in [-0.2, -0.15) is 0 Å². The van der Waals surface area contributed by atoms with Gasteiger partial charge in [-0.3, -0.25) is 0 Å². The Kier molecular flexibility index (Phi) is 4.01. The van der Waals surface area contributed by atoms with Gasteiger partial charge in [0.05, 0.1) is 12.6 Å². The van der Waals surface area contributed by atoms with Gasteiger partial charge in [0.1, 0.15) is 11.4 Å². The van der Waals surface area contributed by atoms with E-state index >= 15 is 0 Å². The summed E-state index contributed by atoms with van der Waals surface area (Å²) in [5, 5.41) is 1.91. The lowest BCUT2D eigenvalue weighted by Crippen LogP contribution is -1.91. The quantitative estimate of drug-likeness (QED) is 0.537. The molecule has 0 amide bonds. The second kappa shape index (κ2) is 6.10. The number of hydrogen-bond acceptors (Lipinski definition) is 4. The maximum absolute atomic E-state index is 13.7. The van der Waals surface area contributed by atoms with Crippen molar-refractivity contribution in [2.75, 3.05) is 7.11 Å². The molecule has 0 unspecified atom stereocenters. The van der Waals surface area contributed by atoms with Crippen molar-refractivity contribution in [2.45, 2.75) is 10.8 Å². The number of hydrogen-bond donors (Lipinski definition) is 0. The van der Waals surface area contributed by atoms with Gasteiger partial charge in [0.15, 0.2) is 11.6 Å². The first-order chi connectivity index (χ1) is 10.3. The first-order valence-electron chi connectivity index (χ1n) is 6.43. The topological polar surface area (TPSA) is 35.0 Å². The molecule has 0 aliphatic rings. The molecule has 0 saturated carbocycles. The molecule has 3 aromatic rings. The maximum atomic E-state index is 13.7. The molecule has 0 saturated heterocycles. The average Bonchev–Trinajstić information content (AvgIpc) is 2.53. The number of methoxy groups -OCH3 is 1. The summed E-state index contributed by atoms with van der Waals surface area (Å²) in [6.07, 6.45) is 1.55. The number of benzene rings is 2. The molecule has 0 bridgehead atoms. The van der Waals surface area contributed by atoms with Crippen LogP contribution in [0.1, 0.15) is 5.56 Å². The van der Waals surface area contributed by atoms with Crippen LogP contribution < -0.4 is 4.74 Å². The van der Waals surface area contributed by atoms with Crippen LogP contribution in [-0.4, -0.2) is 17.1 Å². The molecule has 0 radical (unpaired) electrons. The van der Waals surface area contributed by atoms with Crippen molar-refractivity contribution in [3.8, 4) is 5.75 Å². The van der Waals surface area contributed by atoms with E-state index in [0.717, 1.165) is 21.5 Å². The Morgan fingerprint density at radius 2 is 2.00 bits per heavy atom. The Hall–Kier alpha value is -2.14. The highest BCUT2D eigenvalue weighted by molar-refractivity contribution is 7.98. The van der Waals surface area contributed by atoms with Crippen molar-refractivity contribution in [3.63, 3.8) is 0 Å². The van der Waals surface area contributed by atoms with Gasteiger partial charge in [-0.15, -0.1) is 11.8 Å². The summed E-state index contributed by atoms with van der Waals surface area (Å²) in [4.78, 5) is 8.54. The van der Waals surface area contributed by atoms with Crippen LogP contribution in [0.5, 0.6) is 5.75 Å². The highest BCUT2D eigenvalue weighted by Crippen LogP contribution is 2.28. The highest BCUT2D eigenvalue weighted by Gasteiger charge is 2.07. The standard InChI is InChI=1S/C16H13FN2OS/c1-20-15-7-6-11(8-13(15)17)9-21-16-12-4-2-3-5-14(12)18-10-19-16/h2-8,10H,9H2,1H3. The fourth-order valence-corrected chi connectivity index (χ4v) is 2.98. The Bertz CT molecular complexity index is 774. The van der Waals surface area contributed by atoms with Crippen molar-refractivity contribution in [1.82, 2.24) is 9.97 Å². The molecule has 106 valence electrons. The van der Waals surface area contributed by atoms with E-state index in [9.17, 15) is 4.39 Å². The molecular weight excluding hydrogens is 287 g/mol. The molecule has 5 heteroatoms. The zero-order valence-electron chi connectivity index (χ0n) is 11.4. The molecule has 1 heterocycles. The molecule has 0 atom stereocenters. The van der Waals surface area contributed by atoms with E-state index in [-0.39, 0.29) is 11.6 Å². The van der Waals surface area contributed by atoms with Crippen molar-refractivity contribution in [1.29, 1.82) is 0 Å². The Morgan fingerprint density at radius 3 is 2.81 bits per heavy atom. The Balaban J connectivity index is 1.82. The molecule has 3 rings (SSSR count). The maximum Gasteiger partial charge on any atom is 0.165 e. The summed E-state index contributed by atoms with van der Waals surface area (Å²) < 4.78 is 18.6. The first-order valence-corrected chi connectivity index (χ1v) is 7.41. The van der Waals surface area contributed by atoms with E-state index in [0.29, 0.717) is 5.75 Å². The van der Waals surface area contributed by atoms with E-state index in [4.69, 9.17) is 4.74 Å². The fraction of sp³-hybridized carbons (Fsp3) is 0.125. The number of aromatic nitrogens is 2. The molecule has 0 spiro atoms. The van der Waals surface area contributed by atoms with Crippen LogP contribution in [0.2, 0.25) is 0 Å². The normalized spacial score (nSPS) is 10.8. The van der Waals surface area contributed by atoms with Crippen LogP contribution in [0.15, 0.2) is 53.8 Å². The minimum absolute atomic E-state index is 0.260. The van der Waals surface area contributed by atoms with E-state index in [1.54, 1.807) is 24.2 Å². The van der Waals surface area contributed by atoms with Gasteiger partial charge in [0.25, 0.3) is 0 Å². The van der Waals surface area contributed by atoms with E-state index in [1.165, 1.54) is 13.2 Å². The Labute approximate surface area is 126 Å². The van der Waals surface area contributed by atoms with E-state index in [1.807, 2.05) is 30.3 Å². The van der Waals surface area contributed by atoms with Crippen LogP contribution in [0, 0.1) is 5.82 Å². The molecule has 1 aromatic heterocycles. The van der Waals surface area contributed by atoms with Gasteiger partial charge in [-0.1, -0.05) is 24.3 Å². The first kappa shape index (κ1) is 13.8. The van der Waals surface area contributed by atoms with Gasteiger partial charge in [0.2, 0.25) is 0 Å². The highest BCUT2D eigenvalue weighted by atomic mass is 32.2. The number of thioether (sulfide) groups is 1. The van der Waals surface area contributed by atoms with Gasteiger partial charge < -0.3 is 4.74 Å². The number of rotatable bonds is 4. The largest absolute Gasteiger partial charge is 0.494 e. The van der Waals surface area contributed by atoms with Crippen molar-refractivity contribution in [3.05, 3.63) is 60.2 Å². The third-order valence-electron chi connectivity index (χ3n) is 3.10. The van der Waals surface area contributed by atoms with Crippen LogP contribution in [0.3, 0.4) is 0 Å². The van der Waals surface area contributed by atoms with Crippen LogP contribution >= 0.6 is 11.8 Å². The lowest BCUT2D eigenvalue weighted by atomic mass is 10.2. The summed E-state index contributed by atoms with van der Waals surface area (Å²) >= 11 is 1.57. The lowest BCUT2D eigenvalue weighted by molar-refractivity contribution is 0.386. The lowest BCUT2D eigenvalue weighted by Gasteiger charge is -2.06. The Morgan fingerprint density at radius 1 is 1.14 bits per heavy atom. The molecule has 2 aromatic carbocycles. The molecule has 21 heavy (non-hydrogen) atoms. The minimum Gasteiger partial charge on any atom is -0.494 e. The smallest absolute Gasteiger partial charge is 0.165 e. The third-order valence-corrected chi connectivity index (χ3v) is 4.17. The SMILES string of the molecule is COc1ccc(CSc2ncnc3ccccc23)cc1F. The van der Waals surface area contributed by atoms with Crippen LogP contribution in [0.25, 0.3) is 10.9 Å². The molecular formula is C16H13FN2OS. The zero-order chi connectivity index (χ0) is 14.7. The molecule has 0 N–H and O–H groups in total. The van der Waals surface area contributed by atoms with Crippen LogP contribution in [0.4, 0.5) is 4.39 Å². The zero-order valence-corrected chi connectivity index (χ0v) is 12.2. The van der Waals surface area contributed by atoms with Crippen molar-refractivity contribution < 1.29 is 9.13 Å². The molecule has 3 nitrogen and oxygen atoms in total. The predicted molar refractivity (Wildman–Crippen MR) is 82.1 cm³/mol. The van der Waals surface area contributed by atoms with E-state index < -0.39 is 0 Å². The second-order valence-electron chi connectivity index (χ2n) is 4.45.